The van der Waals surface area contributed by atoms with E-state index < -0.39 is 0 Å². The molecule has 0 amide bonds. The van der Waals surface area contributed by atoms with E-state index in [1.165, 1.54) is 25.1 Å². The summed E-state index contributed by atoms with van der Waals surface area (Å²) in [6.45, 7) is 2.21. The van der Waals surface area contributed by atoms with Gasteiger partial charge in [0.2, 0.25) is 0 Å². The molecule has 1 aliphatic carbocycles. The highest BCUT2D eigenvalue weighted by atomic mass is 15.2. The Kier molecular flexibility index (Phi) is 2.39. The average molecular weight is 215 g/mol. The molecule has 3 heteroatoms. The zero-order valence-corrected chi connectivity index (χ0v) is 9.69. The molecule has 0 saturated heterocycles. The molecule has 0 radical (unpaired) electrons. The van der Waals surface area contributed by atoms with Crippen LogP contribution in [0.15, 0.2) is 18.3 Å². The lowest BCUT2D eigenvalue weighted by Gasteiger charge is -2.28. The predicted octanol–water partition coefficient (Wildman–Crippen LogP) is 3.11. The first-order valence-corrected chi connectivity index (χ1v) is 6.22. The van der Waals surface area contributed by atoms with E-state index in [1.54, 1.807) is 0 Å². The van der Waals surface area contributed by atoms with Gasteiger partial charge in [0.05, 0.1) is 0 Å². The SMILES string of the molecule is CCCc1nc2cccnc2n1C1CCC1. The quantitative estimate of drug-likeness (QED) is 0.787. The molecule has 0 spiro atoms. The van der Waals surface area contributed by atoms with Gasteiger partial charge in [-0.15, -0.1) is 0 Å². The number of fused-ring (bicyclic) bond motifs is 1. The number of aromatic nitrogens is 3. The molecule has 1 saturated carbocycles. The van der Waals surface area contributed by atoms with Crippen LogP contribution in [0.25, 0.3) is 11.2 Å². The highest BCUT2D eigenvalue weighted by molar-refractivity contribution is 5.71. The maximum atomic E-state index is 4.71. The largest absolute Gasteiger partial charge is 0.310 e. The number of pyridine rings is 1. The Morgan fingerprint density at radius 3 is 3.00 bits per heavy atom. The van der Waals surface area contributed by atoms with Crippen molar-refractivity contribution >= 4 is 11.2 Å². The third-order valence-corrected chi connectivity index (χ3v) is 3.44. The molecule has 0 aromatic carbocycles. The van der Waals surface area contributed by atoms with Crippen molar-refractivity contribution in [2.75, 3.05) is 0 Å². The van der Waals surface area contributed by atoms with Crippen molar-refractivity contribution in [3.05, 3.63) is 24.2 Å². The fourth-order valence-electron chi connectivity index (χ4n) is 2.41. The fourth-order valence-corrected chi connectivity index (χ4v) is 2.41. The first-order chi connectivity index (χ1) is 7.90. The lowest BCUT2D eigenvalue weighted by molar-refractivity contribution is 0.311. The molecule has 1 aliphatic rings. The van der Waals surface area contributed by atoms with E-state index in [2.05, 4.69) is 22.5 Å². The highest BCUT2D eigenvalue weighted by Crippen LogP contribution is 2.35. The monoisotopic (exact) mass is 215 g/mol. The van der Waals surface area contributed by atoms with Gasteiger partial charge in [-0.2, -0.15) is 0 Å². The van der Waals surface area contributed by atoms with Crippen LogP contribution >= 0.6 is 0 Å². The summed E-state index contributed by atoms with van der Waals surface area (Å²) in [5.74, 6) is 1.22. The molecule has 2 heterocycles. The summed E-state index contributed by atoms with van der Waals surface area (Å²) in [7, 11) is 0. The van der Waals surface area contributed by atoms with E-state index in [1.807, 2.05) is 12.3 Å². The third kappa shape index (κ3) is 1.42. The maximum Gasteiger partial charge on any atom is 0.160 e. The molecule has 84 valence electrons. The molecular formula is C13H17N3. The summed E-state index contributed by atoms with van der Waals surface area (Å²) in [6.07, 6.45) is 8.01. The normalized spacial score (nSPS) is 16.6. The van der Waals surface area contributed by atoms with Crippen LogP contribution in [0.2, 0.25) is 0 Å². The molecule has 0 aliphatic heterocycles. The van der Waals surface area contributed by atoms with Crippen molar-refractivity contribution in [1.29, 1.82) is 0 Å². The van der Waals surface area contributed by atoms with Gasteiger partial charge in [0, 0.05) is 18.7 Å². The lowest BCUT2D eigenvalue weighted by Crippen LogP contribution is -2.19. The second-order valence-corrected chi connectivity index (χ2v) is 4.58. The standard InChI is InChI=1S/C13H17N3/c1-2-5-12-15-11-8-4-9-14-13(11)16(12)10-6-3-7-10/h4,8-10H,2-3,5-7H2,1H3. The molecule has 3 rings (SSSR count). The Labute approximate surface area is 95.5 Å². The number of hydrogen-bond acceptors (Lipinski definition) is 2. The lowest BCUT2D eigenvalue weighted by atomic mass is 9.92. The molecule has 0 N–H and O–H groups in total. The van der Waals surface area contributed by atoms with Gasteiger partial charge in [-0.3, -0.25) is 0 Å². The van der Waals surface area contributed by atoms with Crippen LogP contribution in [0.4, 0.5) is 0 Å². The minimum atomic E-state index is 0.654. The molecule has 0 bridgehead atoms. The third-order valence-electron chi connectivity index (χ3n) is 3.44. The molecule has 3 nitrogen and oxygen atoms in total. The van der Waals surface area contributed by atoms with Gasteiger partial charge in [0.15, 0.2) is 5.65 Å². The van der Waals surface area contributed by atoms with Gasteiger partial charge in [0.1, 0.15) is 11.3 Å². The summed E-state index contributed by atoms with van der Waals surface area (Å²) in [4.78, 5) is 9.19. The first-order valence-electron chi connectivity index (χ1n) is 6.22. The van der Waals surface area contributed by atoms with Crippen LogP contribution in [0, 0.1) is 0 Å². The summed E-state index contributed by atoms with van der Waals surface area (Å²) < 4.78 is 2.38. The van der Waals surface area contributed by atoms with Crippen molar-refractivity contribution in [2.45, 2.75) is 45.1 Å². The molecule has 2 aromatic rings. The second kappa shape index (κ2) is 3.89. The van der Waals surface area contributed by atoms with Crippen LogP contribution in [0.1, 0.15) is 44.5 Å². The minimum Gasteiger partial charge on any atom is -0.310 e. The van der Waals surface area contributed by atoms with Gasteiger partial charge in [-0.1, -0.05) is 6.92 Å². The predicted molar refractivity (Wildman–Crippen MR) is 64.4 cm³/mol. The molecule has 0 atom stereocenters. The Balaban J connectivity index is 2.14. The molecule has 2 aromatic heterocycles. The zero-order valence-electron chi connectivity index (χ0n) is 9.69. The maximum absolute atomic E-state index is 4.71. The average Bonchev–Trinajstić information content (AvgIpc) is 2.56. The Morgan fingerprint density at radius 2 is 2.31 bits per heavy atom. The number of rotatable bonds is 3. The van der Waals surface area contributed by atoms with E-state index in [0.29, 0.717) is 6.04 Å². The topological polar surface area (TPSA) is 30.7 Å². The summed E-state index contributed by atoms with van der Waals surface area (Å²) in [5.41, 5.74) is 2.13. The first kappa shape index (κ1) is 9.82. The highest BCUT2D eigenvalue weighted by Gasteiger charge is 2.24. The summed E-state index contributed by atoms with van der Waals surface area (Å²) in [6, 6.07) is 4.69. The van der Waals surface area contributed by atoms with Gasteiger partial charge in [-0.25, -0.2) is 9.97 Å². The van der Waals surface area contributed by atoms with E-state index in [0.717, 1.165) is 24.0 Å². The van der Waals surface area contributed by atoms with Gasteiger partial charge >= 0.3 is 0 Å². The van der Waals surface area contributed by atoms with Crippen LogP contribution < -0.4 is 0 Å². The Bertz CT molecular complexity index is 497. The summed E-state index contributed by atoms with van der Waals surface area (Å²) >= 11 is 0. The van der Waals surface area contributed by atoms with Crippen molar-refractivity contribution in [1.82, 2.24) is 14.5 Å². The van der Waals surface area contributed by atoms with Crippen molar-refractivity contribution in [3.8, 4) is 0 Å². The van der Waals surface area contributed by atoms with Crippen LogP contribution in [-0.2, 0) is 6.42 Å². The fraction of sp³-hybridized carbons (Fsp3) is 0.538. The second-order valence-electron chi connectivity index (χ2n) is 4.58. The van der Waals surface area contributed by atoms with Gasteiger partial charge < -0.3 is 4.57 Å². The molecule has 0 unspecified atom stereocenters. The van der Waals surface area contributed by atoms with Crippen LogP contribution in [-0.4, -0.2) is 14.5 Å². The number of nitrogens with zero attached hydrogens (tertiary/aromatic N) is 3. The molecule has 1 fully saturated rings. The number of imidazole rings is 1. The molecule has 16 heavy (non-hydrogen) atoms. The van der Waals surface area contributed by atoms with Gasteiger partial charge in [0.25, 0.3) is 0 Å². The van der Waals surface area contributed by atoms with Crippen molar-refractivity contribution < 1.29 is 0 Å². The van der Waals surface area contributed by atoms with E-state index in [9.17, 15) is 0 Å². The van der Waals surface area contributed by atoms with Crippen LogP contribution in [0.3, 0.4) is 0 Å². The zero-order chi connectivity index (χ0) is 11.0. The Hall–Kier alpha value is -1.38. The minimum absolute atomic E-state index is 0.654. The molecular weight excluding hydrogens is 198 g/mol. The van der Waals surface area contributed by atoms with Crippen molar-refractivity contribution in [2.24, 2.45) is 0 Å². The van der Waals surface area contributed by atoms with E-state index in [-0.39, 0.29) is 0 Å². The number of hydrogen-bond donors (Lipinski definition) is 0. The Morgan fingerprint density at radius 1 is 1.44 bits per heavy atom. The van der Waals surface area contributed by atoms with Crippen molar-refractivity contribution in [3.63, 3.8) is 0 Å². The number of aryl methyl sites for hydroxylation is 1. The summed E-state index contributed by atoms with van der Waals surface area (Å²) in [5, 5.41) is 0. The van der Waals surface area contributed by atoms with E-state index >= 15 is 0 Å². The van der Waals surface area contributed by atoms with Crippen LogP contribution in [0.5, 0.6) is 0 Å². The van der Waals surface area contributed by atoms with E-state index in [4.69, 9.17) is 4.98 Å². The van der Waals surface area contributed by atoms with Gasteiger partial charge in [-0.05, 0) is 37.8 Å². The smallest absolute Gasteiger partial charge is 0.160 e.